The Morgan fingerprint density at radius 1 is 1.24 bits per heavy atom. The monoisotopic (exact) mass is 298 g/mol. The van der Waals surface area contributed by atoms with Crippen LogP contribution in [0.2, 0.25) is 0 Å². The van der Waals surface area contributed by atoms with Crippen LogP contribution in [0.1, 0.15) is 0 Å². The van der Waals surface area contributed by atoms with Crippen LogP contribution >= 0.6 is 0 Å². The van der Waals surface area contributed by atoms with E-state index in [4.69, 9.17) is 0 Å². The highest BCUT2D eigenvalue weighted by Gasteiger charge is 2.25. The molecule has 0 aromatic heterocycles. The second kappa shape index (κ2) is 6.50. The van der Waals surface area contributed by atoms with Gasteiger partial charge in [0.25, 0.3) is 11.4 Å². The number of carbonyl (C=O) groups excluding carboxylic acids is 1. The number of hydrogen-bond acceptors (Lipinski definition) is 8. The number of esters is 1. The van der Waals surface area contributed by atoms with E-state index < -0.39 is 27.2 Å². The summed E-state index contributed by atoms with van der Waals surface area (Å²) < 4.78 is 4.42. The molecule has 0 bridgehead atoms. The van der Waals surface area contributed by atoms with Gasteiger partial charge in [-0.2, -0.15) is 0 Å². The Kier molecular flexibility index (Phi) is 5.00. The van der Waals surface area contributed by atoms with Crippen LogP contribution in [0.15, 0.2) is 12.1 Å². The van der Waals surface area contributed by atoms with Crippen molar-refractivity contribution in [3.63, 3.8) is 0 Å². The molecular formula is C11H14N4O6. The van der Waals surface area contributed by atoms with Crippen LogP contribution in [0.25, 0.3) is 0 Å². The van der Waals surface area contributed by atoms with Gasteiger partial charge in [-0.25, -0.2) is 0 Å². The van der Waals surface area contributed by atoms with E-state index in [-0.39, 0.29) is 17.9 Å². The molecule has 1 aromatic rings. The summed E-state index contributed by atoms with van der Waals surface area (Å²) in [5.74, 6) is -0.617. The van der Waals surface area contributed by atoms with Gasteiger partial charge < -0.3 is 15.0 Å². The summed E-state index contributed by atoms with van der Waals surface area (Å²) in [4.78, 5) is 33.1. The van der Waals surface area contributed by atoms with E-state index in [2.05, 4.69) is 10.1 Å². The van der Waals surface area contributed by atoms with Crippen molar-refractivity contribution >= 4 is 28.7 Å². The predicted octanol–water partition coefficient (Wildman–Crippen LogP) is 1.15. The Bertz CT molecular complexity index is 586. The van der Waals surface area contributed by atoms with Gasteiger partial charge in [-0.3, -0.25) is 25.0 Å². The van der Waals surface area contributed by atoms with E-state index in [9.17, 15) is 25.0 Å². The van der Waals surface area contributed by atoms with Crippen molar-refractivity contribution in [2.45, 2.75) is 0 Å². The molecule has 0 amide bonds. The van der Waals surface area contributed by atoms with Crippen LogP contribution in [0, 0.1) is 20.2 Å². The first-order valence-electron chi connectivity index (χ1n) is 5.72. The fourth-order valence-corrected chi connectivity index (χ4v) is 1.60. The topological polar surface area (TPSA) is 128 Å². The Hall–Kier alpha value is -2.91. The van der Waals surface area contributed by atoms with E-state index in [1.807, 2.05) is 0 Å². The highest BCUT2D eigenvalue weighted by atomic mass is 16.6. The van der Waals surface area contributed by atoms with Crippen molar-refractivity contribution in [2.75, 3.05) is 38.0 Å². The molecule has 0 aliphatic heterocycles. The van der Waals surface area contributed by atoms with E-state index in [1.54, 1.807) is 14.1 Å². The first kappa shape index (κ1) is 16.1. The van der Waals surface area contributed by atoms with Gasteiger partial charge in [0, 0.05) is 14.1 Å². The number of nitrogens with one attached hydrogen (secondary N) is 1. The minimum absolute atomic E-state index is 0.000278. The van der Waals surface area contributed by atoms with Gasteiger partial charge in [-0.15, -0.1) is 0 Å². The fraction of sp³-hybridized carbons (Fsp3) is 0.364. The summed E-state index contributed by atoms with van der Waals surface area (Å²) in [6, 6.07) is 2.11. The minimum atomic E-state index is -0.758. The molecule has 21 heavy (non-hydrogen) atoms. The van der Waals surface area contributed by atoms with Crippen LogP contribution in [-0.2, 0) is 9.53 Å². The number of methoxy groups -OCH3 is 1. The first-order valence-corrected chi connectivity index (χ1v) is 5.72. The molecule has 0 saturated carbocycles. The van der Waals surface area contributed by atoms with Crippen LogP contribution < -0.4 is 10.2 Å². The van der Waals surface area contributed by atoms with Gasteiger partial charge in [0.2, 0.25) is 0 Å². The Balaban J connectivity index is 3.33. The molecule has 1 aromatic carbocycles. The zero-order valence-corrected chi connectivity index (χ0v) is 11.7. The van der Waals surface area contributed by atoms with E-state index >= 15 is 0 Å². The van der Waals surface area contributed by atoms with Gasteiger partial charge in [-0.1, -0.05) is 0 Å². The molecule has 0 fully saturated rings. The second-order valence-corrected chi connectivity index (χ2v) is 4.20. The number of anilines is 2. The normalized spacial score (nSPS) is 9.86. The molecule has 0 unspecified atom stereocenters. The molecule has 0 aliphatic carbocycles. The molecule has 0 spiro atoms. The largest absolute Gasteiger partial charge is 0.468 e. The SMILES string of the molecule is COC(=O)CNc1cc(N(C)C)c([N+](=O)[O-])cc1[N+](=O)[O-]. The molecule has 0 radical (unpaired) electrons. The number of rotatable bonds is 6. The number of benzene rings is 1. The Morgan fingerprint density at radius 3 is 2.24 bits per heavy atom. The summed E-state index contributed by atoms with van der Waals surface area (Å²) in [6.45, 7) is -0.290. The molecule has 1 N–H and O–H groups in total. The third-order valence-electron chi connectivity index (χ3n) is 2.62. The molecule has 114 valence electrons. The lowest BCUT2D eigenvalue weighted by atomic mass is 10.2. The lowest BCUT2D eigenvalue weighted by Crippen LogP contribution is -2.17. The van der Waals surface area contributed by atoms with Crippen molar-refractivity contribution in [3.8, 4) is 0 Å². The third kappa shape index (κ3) is 3.78. The first-order chi connectivity index (χ1) is 9.77. The zero-order chi connectivity index (χ0) is 16.2. The molecule has 0 saturated heterocycles. The summed E-state index contributed by atoms with van der Waals surface area (Å²) in [5, 5.41) is 24.5. The summed E-state index contributed by atoms with van der Waals surface area (Å²) in [6.07, 6.45) is 0. The van der Waals surface area contributed by atoms with E-state index in [0.29, 0.717) is 0 Å². The average molecular weight is 298 g/mol. The predicted molar refractivity (Wildman–Crippen MR) is 74.6 cm³/mol. The van der Waals surface area contributed by atoms with Crippen molar-refractivity contribution in [3.05, 3.63) is 32.4 Å². The smallest absolute Gasteiger partial charge is 0.325 e. The second-order valence-electron chi connectivity index (χ2n) is 4.20. The number of nitro benzene ring substituents is 2. The van der Waals surface area contributed by atoms with Gasteiger partial charge in [0.1, 0.15) is 17.9 Å². The number of hydrogen-bond donors (Lipinski definition) is 1. The highest BCUT2D eigenvalue weighted by Crippen LogP contribution is 2.37. The average Bonchev–Trinajstić information content (AvgIpc) is 2.43. The maximum Gasteiger partial charge on any atom is 0.325 e. The quantitative estimate of drug-likeness (QED) is 0.470. The van der Waals surface area contributed by atoms with Crippen LogP contribution in [0.3, 0.4) is 0 Å². The molecule has 10 heteroatoms. The fourth-order valence-electron chi connectivity index (χ4n) is 1.60. The standard InChI is InChI=1S/C11H14N4O6/c1-13(2)9-4-7(12-6-11(16)21-3)8(14(17)18)5-10(9)15(19)20/h4-5,12H,6H2,1-3H3. The molecule has 0 atom stereocenters. The molecule has 0 heterocycles. The molecule has 10 nitrogen and oxygen atoms in total. The number of nitrogens with zero attached hydrogens (tertiary/aromatic N) is 3. The molecular weight excluding hydrogens is 284 g/mol. The van der Waals surface area contributed by atoms with E-state index in [1.165, 1.54) is 18.1 Å². The van der Waals surface area contributed by atoms with Crippen molar-refractivity contribution in [2.24, 2.45) is 0 Å². The molecule has 1 rings (SSSR count). The zero-order valence-electron chi connectivity index (χ0n) is 11.7. The summed E-state index contributed by atoms with van der Waals surface area (Å²) in [5.41, 5.74) is -0.704. The number of ether oxygens (including phenoxy) is 1. The number of carbonyl (C=O) groups is 1. The Labute approximate surface area is 119 Å². The molecule has 0 aliphatic rings. The maximum absolute atomic E-state index is 11.1. The Morgan fingerprint density at radius 2 is 1.81 bits per heavy atom. The van der Waals surface area contributed by atoms with Crippen LogP contribution in [-0.4, -0.2) is 43.6 Å². The van der Waals surface area contributed by atoms with Gasteiger partial charge in [-0.05, 0) is 6.07 Å². The van der Waals surface area contributed by atoms with E-state index in [0.717, 1.165) is 6.07 Å². The van der Waals surface area contributed by atoms with Crippen molar-refractivity contribution < 1.29 is 19.4 Å². The van der Waals surface area contributed by atoms with Crippen molar-refractivity contribution in [1.82, 2.24) is 0 Å². The summed E-state index contributed by atoms with van der Waals surface area (Å²) in [7, 11) is 4.32. The lowest BCUT2D eigenvalue weighted by Gasteiger charge is -2.15. The number of nitro groups is 2. The van der Waals surface area contributed by atoms with Crippen LogP contribution in [0.4, 0.5) is 22.7 Å². The van der Waals surface area contributed by atoms with Crippen molar-refractivity contribution in [1.29, 1.82) is 0 Å². The lowest BCUT2D eigenvalue weighted by molar-refractivity contribution is -0.393. The highest BCUT2D eigenvalue weighted by molar-refractivity contribution is 5.81. The third-order valence-corrected chi connectivity index (χ3v) is 2.62. The summed E-state index contributed by atoms with van der Waals surface area (Å²) >= 11 is 0. The van der Waals surface area contributed by atoms with Gasteiger partial charge in [0.05, 0.1) is 23.0 Å². The minimum Gasteiger partial charge on any atom is -0.468 e. The van der Waals surface area contributed by atoms with Crippen LogP contribution in [0.5, 0.6) is 0 Å². The van der Waals surface area contributed by atoms with Gasteiger partial charge >= 0.3 is 5.97 Å². The maximum atomic E-state index is 11.1. The van der Waals surface area contributed by atoms with Gasteiger partial charge in [0.15, 0.2) is 0 Å².